The van der Waals surface area contributed by atoms with Crippen molar-refractivity contribution in [1.82, 2.24) is 9.66 Å². The third-order valence-corrected chi connectivity index (χ3v) is 5.82. The average molecular weight is 535 g/mol. The van der Waals surface area contributed by atoms with Crippen LogP contribution in [0.1, 0.15) is 51.4 Å². The monoisotopic (exact) mass is 533 g/mol. The second-order valence-electron chi connectivity index (χ2n) is 7.50. The van der Waals surface area contributed by atoms with Crippen molar-refractivity contribution in [3.63, 3.8) is 0 Å². The zero-order chi connectivity index (χ0) is 24.1. The molecule has 0 spiro atoms. The van der Waals surface area contributed by atoms with Gasteiger partial charge in [-0.05, 0) is 56.7 Å². The largest absolute Gasteiger partial charge is 0.478 e. The summed E-state index contributed by atoms with van der Waals surface area (Å²) < 4.78 is 12.9. The summed E-state index contributed by atoms with van der Waals surface area (Å²) in [6.07, 6.45) is 1.45. The number of hydrogen-bond acceptors (Lipinski definition) is 6. The van der Waals surface area contributed by atoms with Gasteiger partial charge in [-0.3, -0.25) is 4.79 Å². The molecule has 33 heavy (non-hydrogen) atoms. The number of esters is 1. The molecule has 2 atom stereocenters. The Labute approximate surface area is 205 Å². The molecule has 2 aromatic carbocycles. The standard InChI is InChI=1S/C24H25BrClN3O4/c1-5-14(3)22-28-20-9-7-17(25)12-19(20)23(30)29(22)27-13-16-11-18(26)8-10-21(16)33-15(4)24(31)32-6-2/h7-15H,5-6H2,1-4H3/t14-,15+/m0/s1. The molecule has 0 aliphatic heterocycles. The minimum atomic E-state index is -0.823. The smallest absolute Gasteiger partial charge is 0.347 e. The SMILES string of the molecule is CCOC(=O)[C@@H](C)Oc1ccc(Cl)cc1C=Nn1c([C@@H](C)CC)nc2ccc(Br)cc2c1=O. The fourth-order valence-electron chi connectivity index (χ4n) is 3.12. The lowest BCUT2D eigenvalue weighted by atomic mass is 10.1. The summed E-state index contributed by atoms with van der Waals surface area (Å²) in [5.74, 6) is 0.466. The van der Waals surface area contributed by atoms with Crippen molar-refractivity contribution in [3.05, 3.63) is 67.6 Å². The minimum Gasteiger partial charge on any atom is -0.478 e. The summed E-state index contributed by atoms with van der Waals surface area (Å²) in [5, 5.41) is 5.37. The number of nitrogens with zero attached hydrogens (tertiary/aromatic N) is 3. The predicted octanol–water partition coefficient (Wildman–Crippen LogP) is 5.54. The number of benzene rings is 2. The maximum atomic E-state index is 13.3. The van der Waals surface area contributed by atoms with Gasteiger partial charge in [0.25, 0.3) is 5.56 Å². The Morgan fingerprint density at radius 2 is 2.00 bits per heavy atom. The maximum Gasteiger partial charge on any atom is 0.347 e. The van der Waals surface area contributed by atoms with E-state index < -0.39 is 12.1 Å². The highest BCUT2D eigenvalue weighted by Gasteiger charge is 2.18. The first-order chi connectivity index (χ1) is 15.7. The third kappa shape index (κ3) is 5.81. The van der Waals surface area contributed by atoms with Gasteiger partial charge in [-0.15, -0.1) is 0 Å². The lowest BCUT2D eigenvalue weighted by Gasteiger charge is -2.16. The number of ether oxygens (including phenoxy) is 2. The van der Waals surface area contributed by atoms with Crippen molar-refractivity contribution < 1.29 is 14.3 Å². The van der Waals surface area contributed by atoms with Gasteiger partial charge < -0.3 is 9.47 Å². The van der Waals surface area contributed by atoms with Crippen LogP contribution in [0.15, 0.2) is 50.8 Å². The molecule has 3 aromatic rings. The number of fused-ring (bicyclic) bond motifs is 1. The Kier molecular flexibility index (Phi) is 8.26. The lowest BCUT2D eigenvalue weighted by molar-refractivity contribution is -0.150. The first-order valence-electron chi connectivity index (χ1n) is 10.6. The molecular formula is C24H25BrClN3O4. The van der Waals surface area contributed by atoms with Crippen LogP contribution in [0.5, 0.6) is 5.75 Å². The summed E-state index contributed by atoms with van der Waals surface area (Å²) in [4.78, 5) is 30.0. The third-order valence-electron chi connectivity index (χ3n) is 5.09. The molecule has 0 aliphatic carbocycles. The zero-order valence-electron chi connectivity index (χ0n) is 18.8. The molecular weight excluding hydrogens is 510 g/mol. The Balaban J connectivity index is 2.08. The molecule has 0 N–H and O–H groups in total. The van der Waals surface area contributed by atoms with Crippen molar-refractivity contribution >= 4 is 50.6 Å². The van der Waals surface area contributed by atoms with Gasteiger partial charge in [0.15, 0.2) is 6.10 Å². The van der Waals surface area contributed by atoms with Gasteiger partial charge in [0.05, 0.1) is 23.7 Å². The molecule has 1 aromatic heterocycles. The molecule has 0 radical (unpaired) electrons. The Bertz CT molecular complexity index is 1260. The fourth-order valence-corrected chi connectivity index (χ4v) is 3.67. The number of rotatable bonds is 8. The van der Waals surface area contributed by atoms with Crippen molar-refractivity contribution in [2.45, 2.75) is 46.1 Å². The number of carbonyl (C=O) groups is 1. The zero-order valence-corrected chi connectivity index (χ0v) is 21.2. The quantitative estimate of drug-likeness (QED) is 0.280. The highest BCUT2D eigenvalue weighted by molar-refractivity contribution is 9.10. The number of halogens is 2. The van der Waals surface area contributed by atoms with Gasteiger partial charge in [-0.2, -0.15) is 9.78 Å². The van der Waals surface area contributed by atoms with Crippen LogP contribution in [-0.2, 0) is 9.53 Å². The van der Waals surface area contributed by atoms with Crippen molar-refractivity contribution in [2.24, 2.45) is 5.10 Å². The Morgan fingerprint density at radius 3 is 2.70 bits per heavy atom. The normalized spacial score (nSPS) is 13.3. The minimum absolute atomic E-state index is 0.00168. The van der Waals surface area contributed by atoms with Gasteiger partial charge in [0.2, 0.25) is 0 Å². The molecule has 9 heteroatoms. The molecule has 0 bridgehead atoms. The number of aromatic nitrogens is 2. The molecule has 0 saturated heterocycles. The van der Waals surface area contributed by atoms with Crippen LogP contribution in [0, 0.1) is 0 Å². The summed E-state index contributed by atoms with van der Waals surface area (Å²) in [7, 11) is 0. The molecule has 0 fully saturated rings. The number of carbonyl (C=O) groups excluding carboxylic acids is 1. The molecule has 1 heterocycles. The summed E-state index contributed by atoms with van der Waals surface area (Å²) in [6, 6.07) is 10.3. The highest BCUT2D eigenvalue weighted by Crippen LogP contribution is 2.24. The van der Waals surface area contributed by atoms with Gasteiger partial charge in [-0.1, -0.05) is 41.4 Å². The summed E-state index contributed by atoms with van der Waals surface area (Å²) in [5.41, 5.74) is 0.840. The van der Waals surface area contributed by atoms with E-state index in [0.717, 1.165) is 10.9 Å². The highest BCUT2D eigenvalue weighted by atomic mass is 79.9. The van der Waals surface area contributed by atoms with Crippen molar-refractivity contribution in [3.8, 4) is 5.75 Å². The maximum absolute atomic E-state index is 13.3. The Morgan fingerprint density at radius 1 is 1.24 bits per heavy atom. The predicted molar refractivity (Wildman–Crippen MR) is 134 cm³/mol. The van der Waals surface area contributed by atoms with Crippen LogP contribution in [0.25, 0.3) is 10.9 Å². The molecule has 174 valence electrons. The second-order valence-corrected chi connectivity index (χ2v) is 8.85. The summed E-state index contributed by atoms with van der Waals surface area (Å²) in [6.45, 7) is 7.61. The van der Waals surface area contributed by atoms with Crippen LogP contribution in [0.3, 0.4) is 0 Å². The Hall–Kier alpha value is -2.71. The lowest BCUT2D eigenvalue weighted by Crippen LogP contribution is -2.26. The van der Waals surface area contributed by atoms with Crippen LogP contribution >= 0.6 is 27.5 Å². The molecule has 0 aliphatic rings. The van der Waals surface area contributed by atoms with E-state index in [1.54, 1.807) is 44.2 Å². The fraction of sp³-hybridized carbons (Fsp3) is 0.333. The van der Waals surface area contributed by atoms with E-state index >= 15 is 0 Å². The molecule has 3 rings (SSSR count). The van der Waals surface area contributed by atoms with E-state index in [1.165, 1.54) is 10.9 Å². The topological polar surface area (TPSA) is 82.8 Å². The molecule has 0 saturated carbocycles. The van der Waals surface area contributed by atoms with Gasteiger partial charge in [0.1, 0.15) is 11.6 Å². The van der Waals surface area contributed by atoms with Crippen molar-refractivity contribution in [2.75, 3.05) is 6.61 Å². The molecule has 7 nitrogen and oxygen atoms in total. The van der Waals surface area contributed by atoms with E-state index in [-0.39, 0.29) is 18.1 Å². The van der Waals surface area contributed by atoms with Gasteiger partial charge in [-0.25, -0.2) is 9.78 Å². The first-order valence-corrected chi connectivity index (χ1v) is 11.8. The summed E-state index contributed by atoms with van der Waals surface area (Å²) >= 11 is 9.59. The van der Waals surface area contributed by atoms with E-state index in [1.807, 2.05) is 19.9 Å². The van der Waals surface area contributed by atoms with E-state index in [9.17, 15) is 9.59 Å². The number of hydrogen-bond donors (Lipinski definition) is 0. The van der Waals surface area contributed by atoms with Crippen LogP contribution in [0.2, 0.25) is 5.02 Å². The van der Waals surface area contributed by atoms with Crippen LogP contribution in [0.4, 0.5) is 0 Å². The molecule has 0 unspecified atom stereocenters. The average Bonchev–Trinajstić information content (AvgIpc) is 2.79. The van der Waals surface area contributed by atoms with Crippen LogP contribution in [-0.4, -0.2) is 34.6 Å². The second kappa shape index (κ2) is 10.9. The molecule has 0 amide bonds. The van der Waals surface area contributed by atoms with E-state index in [2.05, 4.69) is 21.0 Å². The first kappa shape index (κ1) is 24.9. The van der Waals surface area contributed by atoms with Gasteiger partial charge >= 0.3 is 5.97 Å². The van der Waals surface area contributed by atoms with E-state index in [4.69, 9.17) is 26.1 Å². The van der Waals surface area contributed by atoms with Gasteiger partial charge in [0, 0.05) is 21.0 Å². The van der Waals surface area contributed by atoms with Crippen molar-refractivity contribution in [1.29, 1.82) is 0 Å². The van der Waals surface area contributed by atoms with Crippen LogP contribution < -0.4 is 10.3 Å². The van der Waals surface area contributed by atoms with E-state index in [0.29, 0.717) is 33.1 Å².